The van der Waals surface area contributed by atoms with Crippen LogP contribution >= 0.6 is 0 Å². The fourth-order valence-corrected chi connectivity index (χ4v) is 2.79. The molecule has 2 rings (SSSR count). The van der Waals surface area contributed by atoms with Gasteiger partial charge in [0.05, 0.1) is 0 Å². The Morgan fingerprint density at radius 1 is 1.57 bits per heavy atom. The van der Waals surface area contributed by atoms with Gasteiger partial charge in [-0.1, -0.05) is 20.3 Å². The molecule has 2 heterocycles. The number of anilines is 1. The summed E-state index contributed by atoms with van der Waals surface area (Å²) in [5.41, 5.74) is 0. The molecule has 1 aliphatic heterocycles. The molecule has 0 saturated carbocycles. The van der Waals surface area contributed by atoms with Crippen molar-refractivity contribution in [2.75, 3.05) is 25.0 Å². The lowest BCUT2D eigenvalue weighted by Gasteiger charge is -2.29. The maximum Gasteiger partial charge on any atom is 0.222 e. The molecule has 5 nitrogen and oxygen atoms in total. The van der Waals surface area contributed by atoms with Gasteiger partial charge in [0.2, 0.25) is 5.91 Å². The molecule has 0 aliphatic carbocycles. The maximum atomic E-state index is 12.2. The predicted molar refractivity (Wildman–Crippen MR) is 84.1 cm³/mol. The van der Waals surface area contributed by atoms with Crippen LogP contribution in [0.2, 0.25) is 0 Å². The number of likely N-dealkylation sites (N-methyl/N-ethyl adjacent to an activating group) is 1. The topological polar surface area (TPSA) is 49.3 Å². The minimum atomic E-state index is 0.246. The molecule has 21 heavy (non-hydrogen) atoms. The van der Waals surface area contributed by atoms with Crippen LogP contribution in [0, 0.1) is 5.92 Å². The van der Waals surface area contributed by atoms with Crippen molar-refractivity contribution >= 4 is 11.7 Å². The smallest absolute Gasteiger partial charge is 0.222 e. The summed E-state index contributed by atoms with van der Waals surface area (Å²) in [5.74, 6) is 1.62. The van der Waals surface area contributed by atoms with Crippen LogP contribution < -0.4 is 4.90 Å². The summed E-state index contributed by atoms with van der Waals surface area (Å²) in [4.78, 5) is 16.4. The maximum absolute atomic E-state index is 12.2. The molecule has 2 unspecified atom stereocenters. The van der Waals surface area contributed by atoms with Gasteiger partial charge in [-0.25, -0.2) is 0 Å². The van der Waals surface area contributed by atoms with Gasteiger partial charge in [0, 0.05) is 38.8 Å². The molecule has 1 fully saturated rings. The summed E-state index contributed by atoms with van der Waals surface area (Å²) in [7, 11) is 1.91. The molecular weight excluding hydrogens is 264 g/mol. The predicted octanol–water partition coefficient (Wildman–Crippen LogP) is 2.34. The van der Waals surface area contributed by atoms with Crippen LogP contribution in [0.3, 0.4) is 0 Å². The van der Waals surface area contributed by atoms with E-state index in [1.165, 1.54) is 0 Å². The molecule has 1 amide bonds. The van der Waals surface area contributed by atoms with Crippen molar-refractivity contribution in [3.05, 3.63) is 18.3 Å². The van der Waals surface area contributed by atoms with E-state index in [1.807, 2.05) is 24.1 Å². The van der Waals surface area contributed by atoms with E-state index in [2.05, 4.69) is 28.9 Å². The zero-order valence-corrected chi connectivity index (χ0v) is 13.3. The molecule has 1 saturated heterocycles. The SMILES string of the molecule is CCC(C)CC(=O)N(C)CC1CCCN1c1cccnn1. The summed E-state index contributed by atoms with van der Waals surface area (Å²) in [6.07, 6.45) is 5.64. The van der Waals surface area contributed by atoms with Gasteiger partial charge in [-0.2, -0.15) is 5.10 Å². The van der Waals surface area contributed by atoms with Crippen molar-refractivity contribution < 1.29 is 4.79 Å². The van der Waals surface area contributed by atoms with Gasteiger partial charge >= 0.3 is 0 Å². The Labute approximate surface area is 127 Å². The largest absolute Gasteiger partial charge is 0.350 e. The van der Waals surface area contributed by atoms with E-state index in [0.717, 1.165) is 38.2 Å². The van der Waals surface area contributed by atoms with Crippen LogP contribution in [0.1, 0.15) is 39.5 Å². The van der Waals surface area contributed by atoms with Crippen LogP contribution in [0.4, 0.5) is 5.82 Å². The number of carbonyl (C=O) groups is 1. The van der Waals surface area contributed by atoms with Gasteiger partial charge < -0.3 is 9.80 Å². The van der Waals surface area contributed by atoms with Crippen molar-refractivity contribution in [2.45, 2.75) is 45.6 Å². The number of rotatable bonds is 6. The van der Waals surface area contributed by atoms with Crippen molar-refractivity contribution in [2.24, 2.45) is 5.92 Å². The molecule has 0 bridgehead atoms. The lowest BCUT2D eigenvalue weighted by molar-refractivity contribution is -0.131. The summed E-state index contributed by atoms with van der Waals surface area (Å²) in [5, 5.41) is 8.15. The molecule has 1 aliphatic rings. The Morgan fingerprint density at radius 2 is 2.38 bits per heavy atom. The number of amides is 1. The van der Waals surface area contributed by atoms with Crippen LogP contribution in [0.5, 0.6) is 0 Å². The second-order valence-corrected chi connectivity index (χ2v) is 6.06. The van der Waals surface area contributed by atoms with E-state index in [0.29, 0.717) is 18.4 Å². The normalized spacial score (nSPS) is 19.6. The van der Waals surface area contributed by atoms with Crippen LogP contribution in [0.15, 0.2) is 18.3 Å². The summed E-state index contributed by atoms with van der Waals surface area (Å²) in [6.45, 7) is 6.03. The molecule has 0 spiro atoms. The van der Waals surface area contributed by atoms with Crippen molar-refractivity contribution in [1.82, 2.24) is 15.1 Å². The summed E-state index contributed by atoms with van der Waals surface area (Å²) in [6, 6.07) is 4.26. The lowest BCUT2D eigenvalue weighted by atomic mass is 10.0. The van der Waals surface area contributed by atoms with Crippen LogP contribution in [0.25, 0.3) is 0 Å². The fourth-order valence-electron chi connectivity index (χ4n) is 2.79. The third kappa shape index (κ3) is 4.16. The molecule has 1 aromatic heterocycles. The monoisotopic (exact) mass is 290 g/mol. The van der Waals surface area contributed by atoms with E-state index < -0.39 is 0 Å². The quantitative estimate of drug-likeness (QED) is 0.807. The van der Waals surface area contributed by atoms with Gasteiger partial charge in [-0.05, 0) is 30.9 Å². The fraction of sp³-hybridized carbons (Fsp3) is 0.688. The summed E-state index contributed by atoms with van der Waals surface area (Å²) < 4.78 is 0. The number of aromatic nitrogens is 2. The zero-order valence-electron chi connectivity index (χ0n) is 13.3. The highest BCUT2D eigenvalue weighted by Crippen LogP contribution is 2.23. The molecule has 0 aromatic carbocycles. The Balaban J connectivity index is 1.93. The average molecular weight is 290 g/mol. The number of carbonyl (C=O) groups excluding carboxylic acids is 1. The molecule has 0 N–H and O–H groups in total. The van der Waals surface area contributed by atoms with E-state index in [-0.39, 0.29) is 5.91 Å². The first-order valence-corrected chi connectivity index (χ1v) is 7.90. The number of hydrogen-bond donors (Lipinski definition) is 0. The van der Waals surface area contributed by atoms with E-state index >= 15 is 0 Å². The third-order valence-corrected chi connectivity index (χ3v) is 4.36. The lowest BCUT2D eigenvalue weighted by Crippen LogP contribution is -2.42. The van der Waals surface area contributed by atoms with Gasteiger partial charge in [0.15, 0.2) is 5.82 Å². The van der Waals surface area contributed by atoms with E-state index in [9.17, 15) is 4.79 Å². The molecule has 1 aromatic rings. The molecule has 5 heteroatoms. The Hall–Kier alpha value is -1.65. The first-order chi connectivity index (χ1) is 10.1. The minimum Gasteiger partial charge on any atom is -0.350 e. The van der Waals surface area contributed by atoms with Crippen molar-refractivity contribution in [3.8, 4) is 0 Å². The van der Waals surface area contributed by atoms with Gasteiger partial charge in [0.1, 0.15) is 0 Å². The Bertz CT molecular complexity index is 451. The zero-order chi connectivity index (χ0) is 15.2. The summed E-state index contributed by atoms with van der Waals surface area (Å²) >= 11 is 0. The standard InChI is InChI=1S/C16H26N4O/c1-4-13(2)11-16(21)19(3)12-14-7-6-10-20(14)15-8-5-9-17-18-15/h5,8-9,13-14H,4,6-7,10-12H2,1-3H3. The van der Waals surface area contributed by atoms with Crippen LogP contribution in [-0.4, -0.2) is 47.2 Å². The first-order valence-electron chi connectivity index (χ1n) is 7.90. The Kier molecular flexibility index (Phi) is 5.53. The van der Waals surface area contributed by atoms with Gasteiger partial charge in [-0.15, -0.1) is 5.10 Å². The molecule has 0 radical (unpaired) electrons. The highest BCUT2D eigenvalue weighted by atomic mass is 16.2. The highest BCUT2D eigenvalue weighted by Gasteiger charge is 2.28. The third-order valence-electron chi connectivity index (χ3n) is 4.36. The highest BCUT2D eigenvalue weighted by molar-refractivity contribution is 5.76. The van der Waals surface area contributed by atoms with Crippen molar-refractivity contribution in [3.63, 3.8) is 0 Å². The molecular formula is C16H26N4O. The second kappa shape index (κ2) is 7.38. The van der Waals surface area contributed by atoms with Gasteiger partial charge in [-0.3, -0.25) is 4.79 Å². The average Bonchev–Trinajstić information content (AvgIpc) is 2.96. The minimum absolute atomic E-state index is 0.246. The van der Waals surface area contributed by atoms with Crippen molar-refractivity contribution in [1.29, 1.82) is 0 Å². The van der Waals surface area contributed by atoms with E-state index in [4.69, 9.17) is 0 Å². The van der Waals surface area contributed by atoms with E-state index in [1.54, 1.807) is 6.20 Å². The number of hydrogen-bond acceptors (Lipinski definition) is 4. The van der Waals surface area contributed by atoms with Gasteiger partial charge in [0.25, 0.3) is 0 Å². The van der Waals surface area contributed by atoms with Crippen LogP contribution in [-0.2, 0) is 4.79 Å². The molecule has 2 atom stereocenters. The first kappa shape index (κ1) is 15.7. The Morgan fingerprint density at radius 3 is 3.05 bits per heavy atom. The second-order valence-electron chi connectivity index (χ2n) is 6.06. The number of nitrogens with zero attached hydrogens (tertiary/aromatic N) is 4. The molecule has 116 valence electrons.